The van der Waals surface area contributed by atoms with E-state index in [1.807, 2.05) is 68.4 Å². The summed E-state index contributed by atoms with van der Waals surface area (Å²) in [5.74, 6) is 0.308. The van der Waals surface area contributed by atoms with Gasteiger partial charge in [-0.3, -0.25) is 9.59 Å². The van der Waals surface area contributed by atoms with E-state index in [0.717, 1.165) is 22.3 Å². The van der Waals surface area contributed by atoms with Gasteiger partial charge in [0.05, 0.1) is 12.5 Å². The van der Waals surface area contributed by atoms with Crippen molar-refractivity contribution in [2.45, 2.75) is 32.9 Å². The van der Waals surface area contributed by atoms with E-state index in [1.165, 1.54) is 0 Å². The van der Waals surface area contributed by atoms with Crippen LogP contribution in [0.1, 0.15) is 45.1 Å². The zero-order valence-corrected chi connectivity index (χ0v) is 16.6. The van der Waals surface area contributed by atoms with Gasteiger partial charge in [-0.25, -0.2) is 4.98 Å². The molecule has 5 heteroatoms. The lowest BCUT2D eigenvalue weighted by Crippen LogP contribution is -2.32. The molecule has 0 saturated heterocycles. The van der Waals surface area contributed by atoms with Crippen LogP contribution in [0, 0.1) is 13.8 Å². The van der Waals surface area contributed by atoms with Crippen LogP contribution in [-0.4, -0.2) is 21.7 Å². The normalized spacial score (nSPS) is 13.9. The fourth-order valence-corrected chi connectivity index (χ4v) is 3.64. The van der Waals surface area contributed by atoms with Crippen LogP contribution in [0.3, 0.4) is 0 Å². The molecule has 0 spiro atoms. The molecule has 0 bridgehead atoms. The van der Waals surface area contributed by atoms with Crippen LogP contribution in [0.15, 0.2) is 66.9 Å². The Balaban J connectivity index is 1.59. The van der Waals surface area contributed by atoms with E-state index in [2.05, 4.69) is 10.3 Å². The Morgan fingerprint density at radius 1 is 1.03 bits per heavy atom. The maximum Gasteiger partial charge on any atom is 0.255 e. The third kappa shape index (κ3) is 4.04. The van der Waals surface area contributed by atoms with Gasteiger partial charge in [-0.1, -0.05) is 54.1 Å². The predicted octanol–water partition coefficient (Wildman–Crippen LogP) is 4.42. The number of amides is 2. The average molecular weight is 385 g/mol. The third-order valence-electron chi connectivity index (χ3n) is 5.25. The Bertz CT molecular complexity index is 1040. The molecule has 2 aromatic carbocycles. The van der Waals surface area contributed by atoms with Gasteiger partial charge in [-0.15, -0.1) is 0 Å². The van der Waals surface area contributed by atoms with Gasteiger partial charge in [0.1, 0.15) is 5.82 Å². The second kappa shape index (κ2) is 7.87. The Morgan fingerprint density at radius 2 is 1.76 bits per heavy atom. The molecule has 0 fully saturated rings. The molecule has 1 aliphatic heterocycles. The summed E-state index contributed by atoms with van der Waals surface area (Å²) >= 11 is 0. The van der Waals surface area contributed by atoms with Crippen LogP contribution < -0.4 is 5.32 Å². The molecule has 0 saturated carbocycles. The second-order valence-electron chi connectivity index (χ2n) is 7.49. The average Bonchev–Trinajstić information content (AvgIpc) is 3.05. The van der Waals surface area contributed by atoms with E-state index in [1.54, 1.807) is 17.2 Å². The van der Waals surface area contributed by atoms with Gasteiger partial charge in [0.15, 0.2) is 0 Å². The minimum Gasteiger partial charge on any atom is -0.327 e. The smallest absolute Gasteiger partial charge is 0.255 e. The lowest BCUT2D eigenvalue weighted by molar-refractivity contribution is -0.117. The highest BCUT2D eigenvalue weighted by Gasteiger charge is 2.34. The fraction of sp³-hybridized carbons (Fsp3) is 0.208. The zero-order chi connectivity index (χ0) is 20.4. The van der Waals surface area contributed by atoms with Crippen molar-refractivity contribution >= 4 is 17.6 Å². The first-order valence-electron chi connectivity index (χ1n) is 9.69. The summed E-state index contributed by atoms with van der Waals surface area (Å²) in [7, 11) is 0. The van der Waals surface area contributed by atoms with Crippen molar-refractivity contribution in [3.63, 3.8) is 0 Å². The van der Waals surface area contributed by atoms with Gasteiger partial charge in [0.25, 0.3) is 5.91 Å². The van der Waals surface area contributed by atoms with E-state index >= 15 is 0 Å². The number of aromatic nitrogens is 1. The summed E-state index contributed by atoms with van der Waals surface area (Å²) in [5, 5.41) is 2.85. The molecule has 1 N–H and O–H groups in total. The van der Waals surface area contributed by atoms with Crippen LogP contribution in [-0.2, 0) is 11.3 Å². The molecular weight excluding hydrogens is 362 g/mol. The molecule has 29 heavy (non-hydrogen) atoms. The van der Waals surface area contributed by atoms with Crippen molar-refractivity contribution in [1.29, 1.82) is 0 Å². The minimum atomic E-state index is -0.346. The standard InChI is InChI=1S/C24H23N3O2/c1-16-7-10-18(11-8-16)21(13-23(28)26-22-12-9-17(2)14-25-22)27-15-19-5-3-4-6-20(19)24(27)29/h3-12,14,21H,13,15H2,1-2H3,(H,25,26,28). The summed E-state index contributed by atoms with van der Waals surface area (Å²) in [4.78, 5) is 31.9. The Hall–Kier alpha value is -3.47. The topological polar surface area (TPSA) is 62.3 Å². The lowest BCUT2D eigenvalue weighted by Gasteiger charge is -2.28. The Labute approximate surface area is 170 Å². The second-order valence-corrected chi connectivity index (χ2v) is 7.49. The summed E-state index contributed by atoms with van der Waals surface area (Å²) in [6.07, 6.45) is 1.88. The van der Waals surface area contributed by atoms with E-state index in [-0.39, 0.29) is 24.3 Å². The van der Waals surface area contributed by atoms with Gasteiger partial charge >= 0.3 is 0 Å². The highest BCUT2D eigenvalue weighted by atomic mass is 16.2. The first kappa shape index (κ1) is 18.9. The number of aryl methyl sites for hydroxylation is 2. The van der Waals surface area contributed by atoms with Crippen molar-refractivity contribution in [2.75, 3.05) is 5.32 Å². The number of rotatable bonds is 5. The highest BCUT2D eigenvalue weighted by Crippen LogP contribution is 2.33. The molecule has 0 aliphatic carbocycles. The molecule has 5 nitrogen and oxygen atoms in total. The van der Waals surface area contributed by atoms with E-state index in [0.29, 0.717) is 17.9 Å². The molecule has 0 radical (unpaired) electrons. The quantitative estimate of drug-likeness (QED) is 0.707. The van der Waals surface area contributed by atoms with Gasteiger partial charge in [-0.2, -0.15) is 0 Å². The molecular formula is C24H23N3O2. The van der Waals surface area contributed by atoms with E-state index < -0.39 is 0 Å². The SMILES string of the molecule is Cc1ccc(C(CC(=O)Nc2ccc(C)cn2)N2Cc3ccccc3C2=O)cc1. The summed E-state index contributed by atoms with van der Waals surface area (Å²) in [6, 6.07) is 19.0. The fourth-order valence-electron chi connectivity index (χ4n) is 3.64. The van der Waals surface area contributed by atoms with Crippen LogP contribution in [0.25, 0.3) is 0 Å². The van der Waals surface area contributed by atoms with Crippen LogP contribution in [0.4, 0.5) is 5.82 Å². The van der Waals surface area contributed by atoms with E-state index in [4.69, 9.17) is 0 Å². The third-order valence-corrected chi connectivity index (χ3v) is 5.25. The number of nitrogens with zero attached hydrogens (tertiary/aromatic N) is 2. The van der Waals surface area contributed by atoms with Crippen molar-refractivity contribution in [2.24, 2.45) is 0 Å². The summed E-state index contributed by atoms with van der Waals surface area (Å²) in [5.41, 5.74) is 4.82. The number of hydrogen-bond acceptors (Lipinski definition) is 3. The van der Waals surface area contributed by atoms with Crippen molar-refractivity contribution in [3.05, 3.63) is 94.7 Å². The van der Waals surface area contributed by atoms with Crippen LogP contribution in [0.5, 0.6) is 0 Å². The summed E-state index contributed by atoms with van der Waals surface area (Å²) < 4.78 is 0. The van der Waals surface area contributed by atoms with Crippen LogP contribution >= 0.6 is 0 Å². The van der Waals surface area contributed by atoms with Gasteiger partial charge < -0.3 is 10.2 Å². The number of benzene rings is 2. The minimum absolute atomic E-state index is 0.0348. The van der Waals surface area contributed by atoms with Crippen LogP contribution in [0.2, 0.25) is 0 Å². The summed E-state index contributed by atoms with van der Waals surface area (Å²) in [6.45, 7) is 4.47. The number of hydrogen-bond donors (Lipinski definition) is 1. The number of pyridine rings is 1. The number of carbonyl (C=O) groups excluding carboxylic acids is 2. The van der Waals surface area contributed by atoms with Gasteiger partial charge in [0, 0.05) is 18.3 Å². The Kier molecular flexibility index (Phi) is 5.12. The molecule has 1 unspecified atom stereocenters. The van der Waals surface area contributed by atoms with E-state index in [9.17, 15) is 9.59 Å². The molecule has 1 atom stereocenters. The number of fused-ring (bicyclic) bond motifs is 1. The maximum atomic E-state index is 13.0. The first-order valence-corrected chi connectivity index (χ1v) is 9.69. The molecule has 1 aliphatic rings. The molecule has 2 heterocycles. The first-order chi connectivity index (χ1) is 14.0. The van der Waals surface area contributed by atoms with Crippen molar-refractivity contribution in [1.82, 2.24) is 9.88 Å². The lowest BCUT2D eigenvalue weighted by atomic mass is 10.00. The predicted molar refractivity (Wildman–Crippen MR) is 112 cm³/mol. The number of anilines is 1. The van der Waals surface area contributed by atoms with Crippen molar-refractivity contribution in [3.8, 4) is 0 Å². The van der Waals surface area contributed by atoms with Crippen molar-refractivity contribution < 1.29 is 9.59 Å². The zero-order valence-electron chi connectivity index (χ0n) is 16.6. The van der Waals surface area contributed by atoms with Gasteiger partial charge in [0.2, 0.25) is 5.91 Å². The molecule has 146 valence electrons. The maximum absolute atomic E-state index is 13.0. The number of carbonyl (C=O) groups is 2. The molecule has 1 aromatic heterocycles. The highest BCUT2D eigenvalue weighted by molar-refractivity contribution is 5.99. The Morgan fingerprint density at radius 3 is 2.45 bits per heavy atom. The largest absolute Gasteiger partial charge is 0.327 e. The van der Waals surface area contributed by atoms with Gasteiger partial charge in [-0.05, 0) is 42.7 Å². The molecule has 4 rings (SSSR count). The monoisotopic (exact) mass is 385 g/mol. The molecule has 2 amide bonds. The number of nitrogens with one attached hydrogen (secondary N) is 1. The molecule has 3 aromatic rings.